The fourth-order valence-electron chi connectivity index (χ4n) is 2.73. The lowest BCUT2D eigenvalue weighted by atomic mass is 9.94. The summed E-state index contributed by atoms with van der Waals surface area (Å²) in [6.07, 6.45) is -2.76. The van der Waals surface area contributed by atoms with Crippen LogP contribution < -0.4 is 15.8 Å². The molecule has 2 unspecified atom stereocenters. The molecule has 0 heterocycles. The average Bonchev–Trinajstić information content (AvgIpc) is 3.32. The zero-order valence-electron chi connectivity index (χ0n) is 13.8. The number of hydrogen-bond donors (Lipinski definition) is 2. The van der Waals surface area contributed by atoms with Gasteiger partial charge in [0.25, 0.3) is 0 Å². The summed E-state index contributed by atoms with van der Waals surface area (Å²) in [5.74, 6) is -0.987. The summed E-state index contributed by atoms with van der Waals surface area (Å²) in [5.41, 5.74) is 6.11. The van der Waals surface area contributed by atoms with E-state index in [1.807, 2.05) is 13.8 Å². The van der Waals surface area contributed by atoms with Crippen molar-refractivity contribution >= 4 is 5.91 Å². The van der Waals surface area contributed by atoms with Gasteiger partial charge in [0.2, 0.25) is 5.91 Å². The highest BCUT2D eigenvalue weighted by Crippen LogP contribution is 2.51. The number of para-hydroxylation sites is 1. The molecule has 0 radical (unpaired) electrons. The molecule has 1 saturated carbocycles. The topological polar surface area (TPSA) is 64.3 Å². The van der Waals surface area contributed by atoms with E-state index in [4.69, 9.17) is 5.73 Å². The molecule has 1 fully saturated rings. The third kappa shape index (κ3) is 4.63. The van der Waals surface area contributed by atoms with Crippen molar-refractivity contribution in [2.75, 3.05) is 6.54 Å². The Hall–Kier alpha value is -1.76. The second-order valence-electron chi connectivity index (χ2n) is 6.32. The molecule has 0 saturated heterocycles. The van der Waals surface area contributed by atoms with Crippen LogP contribution in [0.1, 0.15) is 44.6 Å². The lowest BCUT2D eigenvalue weighted by Crippen LogP contribution is -2.49. The number of hydrogen-bond acceptors (Lipinski definition) is 3. The quantitative estimate of drug-likeness (QED) is 0.797. The van der Waals surface area contributed by atoms with Gasteiger partial charge >= 0.3 is 6.36 Å². The zero-order valence-corrected chi connectivity index (χ0v) is 13.8. The Kier molecular flexibility index (Phi) is 5.42. The van der Waals surface area contributed by atoms with Crippen LogP contribution in [0, 0.1) is 5.92 Å². The van der Waals surface area contributed by atoms with E-state index < -0.39 is 11.9 Å². The predicted octanol–water partition coefficient (Wildman–Crippen LogP) is 3.32. The Morgan fingerprint density at radius 3 is 2.50 bits per heavy atom. The Bertz CT molecular complexity index is 585. The highest BCUT2D eigenvalue weighted by Gasteiger charge is 2.46. The van der Waals surface area contributed by atoms with Crippen LogP contribution in [0.3, 0.4) is 0 Å². The molecule has 4 nitrogen and oxygen atoms in total. The van der Waals surface area contributed by atoms with E-state index >= 15 is 0 Å². The van der Waals surface area contributed by atoms with Crippen LogP contribution in [0.2, 0.25) is 0 Å². The normalized spacial score (nSPS) is 20.6. The smallest absolute Gasteiger partial charge is 0.405 e. The van der Waals surface area contributed by atoms with Crippen LogP contribution in [0.4, 0.5) is 13.2 Å². The maximum atomic E-state index is 12.5. The number of nitrogens with one attached hydrogen (secondary N) is 1. The fraction of sp³-hybridized carbons (Fsp3) is 0.588. The highest BCUT2D eigenvalue weighted by atomic mass is 19.4. The lowest BCUT2D eigenvalue weighted by Gasteiger charge is -2.26. The van der Waals surface area contributed by atoms with Gasteiger partial charge in [-0.3, -0.25) is 4.79 Å². The monoisotopic (exact) mass is 344 g/mol. The molecule has 7 heteroatoms. The van der Waals surface area contributed by atoms with E-state index in [1.54, 1.807) is 12.1 Å². The van der Waals surface area contributed by atoms with Crippen molar-refractivity contribution in [3.05, 3.63) is 29.8 Å². The predicted molar refractivity (Wildman–Crippen MR) is 84.5 cm³/mol. The van der Waals surface area contributed by atoms with E-state index in [-0.39, 0.29) is 23.5 Å². The molecule has 1 aromatic rings. The summed E-state index contributed by atoms with van der Waals surface area (Å²) in [7, 11) is 0. The minimum atomic E-state index is -4.75. The van der Waals surface area contributed by atoms with Gasteiger partial charge in [-0.05, 0) is 36.8 Å². The maximum absolute atomic E-state index is 12.5. The molecule has 1 aromatic carbocycles. The first kappa shape index (κ1) is 18.6. The third-order valence-corrected chi connectivity index (χ3v) is 4.69. The zero-order chi connectivity index (χ0) is 18.0. The number of benzene rings is 1. The van der Waals surface area contributed by atoms with Crippen molar-refractivity contribution in [1.82, 2.24) is 5.32 Å². The molecule has 1 aliphatic rings. The number of halogens is 3. The molecule has 0 aromatic heterocycles. The molecule has 1 aliphatic carbocycles. The van der Waals surface area contributed by atoms with Gasteiger partial charge in [-0.25, -0.2) is 0 Å². The molecule has 3 N–H and O–H groups in total. The van der Waals surface area contributed by atoms with E-state index in [9.17, 15) is 18.0 Å². The van der Waals surface area contributed by atoms with E-state index in [1.165, 1.54) is 12.1 Å². The Morgan fingerprint density at radius 1 is 1.29 bits per heavy atom. The third-order valence-electron chi connectivity index (χ3n) is 4.69. The molecule has 134 valence electrons. The molecule has 0 aliphatic heterocycles. The van der Waals surface area contributed by atoms with Crippen molar-refractivity contribution in [2.45, 2.75) is 50.9 Å². The Labute approximate surface area is 139 Å². The number of nitrogens with two attached hydrogens (primary N) is 1. The summed E-state index contributed by atoms with van der Waals surface area (Å²) in [4.78, 5) is 12.2. The summed E-state index contributed by atoms with van der Waals surface area (Å²) in [6, 6.07) is 5.97. The number of alkyl halides is 3. The average molecular weight is 344 g/mol. The van der Waals surface area contributed by atoms with Crippen LogP contribution >= 0.6 is 0 Å². The molecule has 0 bridgehead atoms. The summed E-state index contributed by atoms with van der Waals surface area (Å²) in [5, 5.41) is 2.83. The second-order valence-corrected chi connectivity index (χ2v) is 6.32. The minimum Gasteiger partial charge on any atom is -0.405 e. The van der Waals surface area contributed by atoms with Gasteiger partial charge in [0.15, 0.2) is 0 Å². The van der Waals surface area contributed by atoms with Crippen molar-refractivity contribution in [2.24, 2.45) is 11.7 Å². The number of carbonyl (C=O) groups excluding carboxylic acids is 1. The van der Waals surface area contributed by atoms with Crippen molar-refractivity contribution < 1.29 is 22.7 Å². The van der Waals surface area contributed by atoms with Gasteiger partial charge in [-0.1, -0.05) is 32.0 Å². The molecular formula is C17H23F3N2O2. The van der Waals surface area contributed by atoms with E-state index in [0.717, 1.165) is 12.8 Å². The first-order valence-corrected chi connectivity index (χ1v) is 8.10. The standard InChI is InChI=1S/C17H23F3N2O2/c1-3-16(21,4-2)10-22-15(23)13-9-12(13)11-7-5-6-8-14(11)24-17(18,19)20/h5-8,12-13H,3-4,9-10,21H2,1-2H3,(H,22,23). The number of ether oxygens (including phenoxy) is 1. The fourth-order valence-corrected chi connectivity index (χ4v) is 2.73. The van der Waals surface area contributed by atoms with Crippen molar-refractivity contribution in [3.63, 3.8) is 0 Å². The molecule has 1 amide bonds. The number of carbonyl (C=O) groups is 1. The maximum Gasteiger partial charge on any atom is 0.573 e. The second kappa shape index (κ2) is 7.01. The Balaban J connectivity index is 1.99. The minimum absolute atomic E-state index is 0.168. The SMILES string of the molecule is CCC(N)(CC)CNC(=O)C1CC1c1ccccc1OC(F)(F)F. The summed E-state index contributed by atoms with van der Waals surface area (Å²) in [6.45, 7) is 4.28. The molecule has 24 heavy (non-hydrogen) atoms. The van der Waals surface area contributed by atoms with Crippen LogP contribution in [-0.2, 0) is 4.79 Å². The van der Waals surface area contributed by atoms with Gasteiger partial charge in [0.1, 0.15) is 5.75 Å². The number of amides is 1. The van der Waals surface area contributed by atoms with Gasteiger partial charge in [-0.2, -0.15) is 0 Å². The van der Waals surface area contributed by atoms with Crippen LogP contribution in [-0.4, -0.2) is 24.4 Å². The molecule has 2 rings (SSSR count). The molecule has 0 spiro atoms. The van der Waals surface area contributed by atoms with Crippen LogP contribution in [0.25, 0.3) is 0 Å². The summed E-state index contributed by atoms with van der Waals surface area (Å²) >= 11 is 0. The van der Waals surface area contributed by atoms with Crippen molar-refractivity contribution in [3.8, 4) is 5.75 Å². The van der Waals surface area contributed by atoms with Crippen molar-refractivity contribution in [1.29, 1.82) is 0 Å². The summed E-state index contributed by atoms with van der Waals surface area (Å²) < 4.78 is 41.5. The van der Waals surface area contributed by atoms with E-state index in [2.05, 4.69) is 10.1 Å². The van der Waals surface area contributed by atoms with Gasteiger partial charge in [-0.15, -0.1) is 13.2 Å². The van der Waals surface area contributed by atoms with Crippen LogP contribution in [0.15, 0.2) is 24.3 Å². The van der Waals surface area contributed by atoms with Gasteiger partial charge < -0.3 is 15.8 Å². The van der Waals surface area contributed by atoms with E-state index in [0.29, 0.717) is 18.5 Å². The van der Waals surface area contributed by atoms with Crippen LogP contribution in [0.5, 0.6) is 5.75 Å². The number of rotatable bonds is 7. The highest BCUT2D eigenvalue weighted by molar-refractivity contribution is 5.83. The van der Waals surface area contributed by atoms with Gasteiger partial charge in [0, 0.05) is 18.0 Å². The molecule has 2 atom stereocenters. The largest absolute Gasteiger partial charge is 0.573 e. The van der Waals surface area contributed by atoms with Gasteiger partial charge in [0.05, 0.1) is 0 Å². The Morgan fingerprint density at radius 2 is 1.92 bits per heavy atom. The lowest BCUT2D eigenvalue weighted by molar-refractivity contribution is -0.274. The first-order valence-electron chi connectivity index (χ1n) is 8.10. The first-order chi connectivity index (χ1) is 11.2. The molecular weight excluding hydrogens is 321 g/mol.